The van der Waals surface area contributed by atoms with Crippen molar-refractivity contribution in [3.63, 3.8) is 0 Å². The first kappa shape index (κ1) is 13.5. The van der Waals surface area contributed by atoms with Crippen LogP contribution in [0, 0.1) is 5.92 Å². The van der Waals surface area contributed by atoms with Crippen LogP contribution in [0.1, 0.15) is 31.5 Å². The third kappa shape index (κ3) is 2.84. The summed E-state index contributed by atoms with van der Waals surface area (Å²) in [5, 5.41) is 4.79. The minimum atomic E-state index is 0.296. The Morgan fingerprint density at radius 1 is 1.30 bits per heavy atom. The Labute approximate surface area is 120 Å². The van der Waals surface area contributed by atoms with E-state index in [-0.39, 0.29) is 0 Å². The first-order chi connectivity index (χ1) is 9.88. The highest BCUT2D eigenvalue weighted by Crippen LogP contribution is 2.28. The summed E-state index contributed by atoms with van der Waals surface area (Å²) in [5.41, 5.74) is 2.21. The molecule has 2 unspecified atom stereocenters. The van der Waals surface area contributed by atoms with Gasteiger partial charge in [-0.1, -0.05) is 31.2 Å². The van der Waals surface area contributed by atoms with Crippen LogP contribution >= 0.6 is 0 Å². The smallest absolute Gasteiger partial charge is 0.0706 e. The van der Waals surface area contributed by atoms with Crippen molar-refractivity contribution in [2.45, 2.75) is 25.8 Å². The second kappa shape index (κ2) is 6.33. The Morgan fingerprint density at radius 2 is 2.20 bits per heavy atom. The minimum Gasteiger partial charge on any atom is -0.381 e. The van der Waals surface area contributed by atoms with E-state index in [1.54, 1.807) is 0 Å². The van der Waals surface area contributed by atoms with E-state index in [9.17, 15) is 0 Å². The second-order valence-electron chi connectivity index (χ2n) is 5.44. The van der Waals surface area contributed by atoms with E-state index in [1.807, 2.05) is 6.07 Å². The highest BCUT2D eigenvalue weighted by atomic mass is 16.5. The molecule has 3 heteroatoms. The predicted molar refractivity (Wildman–Crippen MR) is 81.7 cm³/mol. The van der Waals surface area contributed by atoms with Crippen molar-refractivity contribution in [1.82, 2.24) is 10.3 Å². The van der Waals surface area contributed by atoms with E-state index < -0.39 is 0 Å². The van der Waals surface area contributed by atoms with E-state index in [4.69, 9.17) is 9.72 Å². The quantitative estimate of drug-likeness (QED) is 0.925. The average molecular weight is 270 g/mol. The largest absolute Gasteiger partial charge is 0.381 e. The van der Waals surface area contributed by atoms with Crippen LogP contribution in [0.2, 0.25) is 0 Å². The van der Waals surface area contributed by atoms with Crippen molar-refractivity contribution in [3.8, 4) is 0 Å². The molecular weight excluding hydrogens is 248 g/mol. The standard InChI is InChI=1S/C17H22N2O/c1-2-18-17(14-7-5-11-20-12-14)16-10-9-13-6-3-4-8-15(13)19-16/h3-4,6,8-10,14,17-18H,2,5,7,11-12H2,1H3. The monoisotopic (exact) mass is 270 g/mol. The summed E-state index contributed by atoms with van der Waals surface area (Å²) in [6.07, 6.45) is 2.37. The summed E-state index contributed by atoms with van der Waals surface area (Å²) < 4.78 is 5.65. The molecule has 1 aliphatic heterocycles. The van der Waals surface area contributed by atoms with Crippen molar-refractivity contribution in [3.05, 3.63) is 42.1 Å². The molecular formula is C17H22N2O. The maximum absolute atomic E-state index is 5.65. The lowest BCUT2D eigenvalue weighted by Gasteiger charge is -2.30. The first-order valence-electron chi connectivity index (χ1n) is 7.55. The molecule has 0 saturated carbocycles. The maximum Gasteiger partial charge on any atom is 0.0706 e. The average Bonchev–Trinajstić information content (AvgIpc) is 2.53. The summed E-state index contributed by atoms with van der Waals surface area (Å²) in [6.45, 7) is 4.85. The fraction of sp³-hybridized carbons (Fsp3) is 0.471. The summed E-state index contributed by atoms with van der Waals surface area (Å²) in [7, 11) is 0. The van der Waals surface area contributed by atoms with Crippen LogP contribution in [0.15, 0.2) is 36.4 Å². The van der Waals surface area contributed by atoms with Crippen LogP contribution in [0.3, 0.4) is 0 Å². The number of fused-ring (bicyclic) bond motifs is 1. The molecule has 3 rings (SSSR count). The number of rotatable bonds is 4. The number of hydrogen-bond donors (Lipinski definition) is 1. The zero-order valence-electron chi connectivity index (χ0n) is 12.0. The van der Waals surface area contributed by atoms with Gasteiger partial charge in [0.2, 0.25) is 0 Å². The fourth-order valence-corrected chi connectivity index (χ4v) is 3.02. The minimum absolute atomic E-state index is 0.296. The molecule has 0 amide bonds. The number of ether oxygens (including phenoxy) is 1. The number of pyridine rings is 1. The van der Waals surface area contributed by atoms with Crippen LogP contribution in [0.4, 0.5) is 0 Å². The Kier molecular flexibility index (Phi) is 4.28. The Bertz CT molecular complexity index is 564. The SMILES string of the molecule is CCNC(c1ccc2ccccc2n1)C1CCCOC1. The molecule has 0 spiro atoms. The van der Waals surface area contributed by atoms with Crippen molar-refractivity contribution in [2.75, 3.05) is 19.8 Å². The van der Waals surface area contributed by atoms with Gasteiger partial charge in [-0.15, -0.1) is 0 Å². The molecule has 0 bridgehead atoms. The number of aromatic nitrogens is 1. The topological polar surface area (TPSA) is 34.2 Å². The molecule has 1 saturated heterocycles. The molecule has 20 heavy (non-hydrogen) atoms. The van der Waals surface area contributed by atoms with Gasteiger partial charge in [0.1, 0.15) is 0 Å². The number of para-hydroxylation sites is 1. The van der Waals surface area contributed by atoms with Gasteiger partial charge in [0.05, 0.1) is 23.9 Å². The highest BCUT2D eigenvalue weighted by Gasteiger charge is 2.26. The van der Waals surface area contributed by atoms with Crippen LogP contribution in [-0.4, -0.2) is 24.7 Å². The molecule has 106 valence electrons. The van der Waals surface area contributed by atoms with Crippen molar-refractivity contribution in [2.24, 2.45) is 5.92 Å². The molecule has 0 aliphatic carbocycles. The van der Waals surface area contributed by atoms with E-state index in [0.29, 0.717) is 12.0 Å². The van der Waals surface area contributed by atoms with E-state index >= 15 is 0 Å². The molecule has 3 nitrogen and oxygen atoms in total. The van der Waals surface area contributed by atoms with Crippen LogP contribution in [0.5, 0.6) is 0 Å². The van der Waals surface area contributed by atoms with Gasteiger partial charge in [0.25, 0.3) is 0 Å². The number of nitrogens with one attached hydrogen (secondary N) is 1. The lowest BCUT2D eigenvalue weighted by Crippen LogP contribution is -2.33. The van der Waals surface area contributed by atoms with E-state index in [1.165, 1.54) is 11.8 Å². The maximum atomic E-state index is 5.65. The summed E-state index contributed by atoms with van der Waals surface area (Å²) in [5.74, 6) is 0.525. The number of benzene rings is 1. The Morgan fingerprint density at radius 3 is 3.00 bits per heavy atom. The van der Waals surface area contributed by atoms with Gasteiger partial charge >= 0.3 is 0 Å². The second-order valence-corrected chi connectivity index (χ2v) is 5.44. The summed E-state index contributed by atoms with van der Waals surface area (Å²) in [6, 6.07) is 12.9. The van der Waals surface area contributed by atoms with Gasteiger partial charge < -0.3 is 10.1 Å². The molecule has 1 fully saturated rings. The summed E-state index contributed by atoms with van der Waals surface area (Å²) in [4.78, 5) is 4.85. The predicted octanol–water partition coefficient (Wildman–Crippen LogP) is 3.31. The van der Waals surface area contributed by atoms with Crippen LogP contribution in [0.25, 0.3) is 10.9 Å². The van der Waals surface area contributed by atoms with Crippen molar-refractivity contribution < 1.29 is 4.74 Å². The van der Waals surface area contributed by atoms with Gasteiger partial charge in [-0.2, -0.15) is 0 Å². The molecule has 2 heterocycles. The van der Waals surface area contributed by atoms with Crippen LogP contribution in [-0.2, 0) is 4.74 Å². The first-order valence-corrected chi connectivity index (χ1v) is 7.55. The lowest BCUT2D eigenvalue weighted by molar-refractivity contribution is 0.0387. The molecule has 1 N–H and O–H groups in total. The van der Waals surface area contributed by atoms with Gasteiger partial charge in [-0.05, 0) is 31.5 Å². The fourth-order valence-electron chi connectivity index (χ4n) is 3.02. The lowest BCUT2D eigenvalue weighted by atomic mass is 9.91. The normalized spacial score (nSPS) is 20.9. The zero-order valence-corrected chi connectivity index (χ0v) is 12.0. The van der Waals surface area contributed by atoms with E-state index in [2.05, 4.69) is 42.6 Å². The van der Waals surface area contributed by atoms with Gasteiger partial charge in [0, 0.05) is 17.9 Å². The molecule has 2 atom stereocenters. The highest BCUT2D eigenvalue weighted by molar-refractivity contribution is 5.78. The van der Waals surface area contributed by atoms with Gasteiger partial charge in [-0.25, -0.2) is 0 Å². The van der Waals surface area contributed by atoms with Gasteiger partial charge in [-0.3, -0.25) is 4.98 Å². The molecule has 2 aromatic rings. The van der Waals surface area contributed by atoms with Crippen molar-refractivity contribution >= 4 is 10.9 Å². The third-order valence-electron chi connectivity index (χ3n) is 4.03. The molecule has 1 aromatic heterocycles. The number of hydrogen-bond acceptors (Lipinski definition) is 3. The number of nitrogens with zero attached hydrogens (tertiary/aromatic N) is 1. The van der Waals surface area contributed by atoms with Gasteiger partial charge in [0.15, 0.2) is 0 Å². The Hall–Kier alpha value is -1.45. The molecule has 1 aliphatic rings. The van der Waals surface area contributed by atoms with Crippen LogP contribution < -0.4 is 5.32 Å². The van der Waals surface area contributed by atoms with Crippen molar-refractivity contribution in [1.29, 1.82) is 0 Å². The molecule has 0 radical (unpaired) electrons. The molecule has 1 aromatic carbocycles. The Balaban J connectivity index is 1.91. The summed E-state index contributed by atoms with van der Waals surface area (Å²) >= 11 is 0. The van der Waals surface area contributed by atoms with E-state index in [0.717, 1.165) is 37.4 Å². The third-order valence-corrected chi connectivity index (χ3v) is 4.03. The zero-order chi connectivity index (χ0) is 13.8.